The van der Waals surface area contributed by atoms with E-state index in [0.29, 0.717) is 16.6 Å². The third-order valence-corrected chi connectivity index (χ3v) is 6.00. The Labute approximate surface area is 142 Å². The maximum Gasteiger partial charge on any atom is 0.255 e. The first kappa shape index (κ1) is 15.4. The Balaban J connectivity index is 1.38. The largest absolute Gasteiger partial charge is 0.336 e. The first-order valence-electron chi connectivity index (χ1n) is 8.57. The molecule has 0 N–H and O–H groups in total. The van der Waals surface area contributed by atoms with E-state index < -0.39 is 0 Å². The first-order chi connectivity index (χ1) is 11.2. The van der Waals surface area contributed by atoms with Gasteiger partial charge in [0.15, 0.2) is 0 Å². The number of pyridine rings is 1. The molecule has 4 aliphatic heterocycles. The fourth-order valence-electron chi connectivity index (χ4n) is 4.32. The van der Waals surface area contributed by atoms with Crippen molar-refractivity contribution in [1.82, 2.24) is 19.7 Å². The van der Waals surface area contributed by atoms with Gasteiger partial charge in [-0.1, -0.05) is 11.6 Å². The fourth-order valence-corrected chi connectivity index (χ4v) is 4.52. The standard InChI is InChI=1S/C17H23ClN4O/c18-15-11-19-4-1-14(15)17(23)22-9-7-21(8-10-22)16-12-20-5-2-13(16)3-6-20/h1,4,11,13,16H,2-3,5-10,12H2/t16-/m0/s1. The summed E-state index contributed by atoms with van der Waals surface area (Å²) in [5, 5.41) is 0.442. The van der Waals surface area contributed by atoms with E-state index in [1.807, 2.05) is 4.90 Å². The summed E-state index contributed by atoms with van der Waals surface area (Å²) in [4.78, 5) is 23.7. The quantitative estimate of drug-likeness (QED) is 0.823. The summed E-state index contributed by atoms with van der Waals surface area (Å²) in [5.41, 5.74) is 0.568. The summed E-state index contributed by atoms with van der Waals surface area (Å²) in [6.07, 6.45) is 5.85. The van der Waals surface area contributed by atoms with Crippen molar-refractivity contribution in [3.05, 3.63) is 29.0 Å². The highest BCUT2D eigenvalue weighted by molar-refractivity contribution is 6.33. The fraction of sp³-hybridized carbons (Fsp3) is 0.647. The van der Waals surface area contributed by atoms with E-state index in [4.69, 9.17) is 11.6 Å². The second-order valence-electron chi connectivity index (χ2n) is 6.89. The van der Waals surface area contributed by atoms with Crippen molar-refractivity contribution in [2.24, 2.45) is 5.92 Å². The van der Waals surface area contributed by atoms with E-state index >= 15 is 0 Å². The van der Waals surface area contributed by atoms with Gasteiger partial charge < -0.3 is 9.80 Å². The molecule has 5 heterocycles. The van der Waals surface area contributed by atoms with Crippen LogP contribution in [0.15, 0.2) is 18.5 Å². The van der Waals surface area contributed by atoms with Crippen LogP contribution in [0.4, 0.5) is 0 Å². The molecule has 5 rings (SSSR count). The molecule has 6 heteroatoms. The van der Waals surface area contributed by atoms with E-state index in [0.717, 1.165) is 32.1 Å². The Hall–Kier alpha value is -1.17. The Morgan fingerprint density at radius 3 is 2.48 bits per heavy atom. The predicted molar refractivity (Wildman–Crippen MR) is 89.7 cm³/mol. The molecule has 1 aromatic rings. The maximum absolute atomic E-state index is 12.6. The topological polar surface area (TPSA) is 39.7 Å². The number of rotatable bonds is 2. The summed E-state index contributed by atoms with van der Waals surface area (Å²) in [7, 11) is 0. The van der Waals surface area contributed by atoms with Gasteiger partial charge in [-0.05, 0) is 37.9 Å². The van der Waals surface area contributed by atoms with Crippen LogP contribution in [-0.4, -0.2) is 77.4 Å². The minimum Gasteiger partial charge on any atom is -0.336 e. The summed E-state index contributed by atoms with van der Waals surface area (Å²) < 4.78 is 0. The number of piperazine rings is 1. The monoisotopic (exact) mass is 334 g/mol. The molecule has 2 bridgehead atoms. The van der Waals surface area contributed by atoms with Gasteiger partial charge in [0.05, 0.1) is 10.6 Å². The number of halogens is 1. The van der Waals surface area contributed by atoms with Crippen molar-refractivity contribution in [2.75, 3.05) is 45.8 Å². The number of amides is 1. The zero-order chi connectivity index (χ0) is 15.8. The van der Waals surface area contributed by atoms with Gasteiger partial charge in [0, 0.05) is 51.2 Å². The van der Waals surface area contributed by atoms with Gasteiger partial charge in [0.25, 0.3) is 5.91 Å². The molecule has 124 valence electrons. The predicted octanol–water partition coefficient (Wildman–Crippen LogP) is 1.59. The van der Waals surface area contributed by atoms with Crippen LogP contribution in [0.3, 0.4) is 0 Å². The Bertz CT molecular complexity index is 580. The summed E-state index contributed by atoms with van der Waals surface area (Å²) in [6.45, 7) is 7.31. The number of fused-ring (bicyclic) bond motifs is 3. The van der Waals surface area contributed by atoms with Crippen molar-refractivity contribution >= 4 is 17.5 Å². The van der Waals surface area contributed by atoms with Gasteiger partial charge in [0.2, 0.25) is 0 Å². The normalized spacial score (nSPS) is 31.3. The SMILES string of the molecule is O=C(c1ccncc1Cl)N1CCN([C@H]2CN3CCC2CC3)CC1. The molecule has 0 unspecified atom stereocenters. The molecule has 4 saturated heterocycles. The molecule has 4 fully saturated rings. The minimum absolute atomic E-state index is 0.0333. The van der Waals surface area contributed by atoms with Crippen LogP contribution in [-0.2, 0) is 0 Å². The lowest BCUT2D eigenvalue weighted by molar-refractivity contribution is -0.0131. The summed E-state index contributed by atoms with van der Waals surface area (Å²) in [6, 6.07) is 2.41. The Kier molecular flexibility index (Phi) is 4.26. The van der Waals surface area contributed by atoms with Crippen molar-refractivity contribution < 1.29 is 4.79 Å². The molecule has 0 aliphatic carbocycles. The minimum atomic E-state index is 0.0333. The molecule has 1 aromatic heterocycles. The number of carbonyl (C=O) groups is 1. The maximum atomic E-state index is 12.6. The van der Waals surface area contributed by atoms with Gasteiger partial charge >= 0.3 is 0 Å². The lowest BCUT2D eigenvalue weighted by atomic mass is 9.83. The van der Waals surface area contributed by atoms with Gasteiger partial charge in [-0.25, -0.2) is 0 Å². The van der Waals surface area contributed by atoms with Crippen LogP contribution >= 0.6 is 11.6 Å². The molecule has 5 nitrogen and oxygen atoms in total. The smallest absolute Gasteiger partial charge is 0.255 e. The lowest BCUT2D eigenvalue weighted by Gasteiger charge is -2.51. The van der Waals surface area contributed by atoms with Crippen LogP contribution in [0.5, 0.6) is 0 Å². The van der Waals surface area contributed by atoms with Crippen LogP contribution in [0, 0.1) is 5.92 Å². The average molecular weight is 335 g/mol. The third-order valence-electron chi connectivity index (χ3n) is 5.69. The number of nitrogens with zero attached hydrogens (tertiary/aromatic N) is 4. The number of aromatic nitrogens is 1. The van der Waals surface area contributed by atoms with E-state index in [-0.39, 0.29) is 5.91 Å². The van der Waals surface area contributed by atoms with Gasteiger partial charge in [-0.2, -0.15) is 0 Å². The zero-order valence-corrected chi connectivity index (χ0v) is 14.1. The Morgan fingerprint density at radius 2 is 1.87 bits per heavy atom. The molecule has 1 atom stereocenters. The molecule has 0 saturated carbocycles. The van der Waals surface area contributed by atoms with Crippen LogP contribution in [0.2, 0.25) is 5.02 Å². The third kappa shape index (κ3) is 2.97. The number of piperidine rings is 3. The van der Waals surface area contributed by atoms with Crippen molar-refractivity contribution in [3.8, 4) is 0 Å². The molecule has 4 aliphatic rings. The molecule has 0 aromatic carbocycles. The van der Waals surface area contributed by atoms with Crippen LogP contribution in [0.25, 0.3) is 0 Å². The molecule has 23 heavy (non-hydrogen) atoms. The Morgan fingerprint density at radius 1 is 1.13 bits per heavy atom. The van der Waals surface area contributed by atoms with E-state index in [2.05, 4.69) is 14.8 Å². The lowest BCUT2D eigenvalue weighted by Crippen LogP contribution is -2.61. The zero-order valence-electron chi connectivity index (χ0n) is 13.3. The summed E-state index contributed by atoms with van der Waals surface area (Å²) >= 11 is 6.11. The van der Waals surface area contributed by atoms with Crippen molar-refractivity contribution in [3.63, 3.8) is 0 Å². The first-order valence-corrected chi connectivity index (χ1v) is 8.95. The second kappa shape index (κ2) is 6.38. The molecular weight excluding hydrogens is 312 g/mol. The highest BCUT2D eigenvalue weighted by Gasteiger charge is 2.38. The van der Waals surface area contributed by atoms with Gasteiger partial charge in [-0.15, -0.1) is 0 Å². The van der Waals surface area contributed by atoms with E-state index in [9.17, 15) is 4.79 Å². The summed E-state index contributed by atoms with van der Waals surface area (Å²) in [5.74, 6) is 0.892. The highest BCUT2D eigenvalue weighted by atomic mass is 35.5. The van der Waals surface area contributed by atoms with Crippen molar-refractivity contribution in [1.29, 1.82) is 0 Å². The van der Waals surface area contributed by atoms with Gasteiger partial charge in [-0.3, -0.25) is 14.7 Å². The second-order valence-corrected chi connectivity index (χ2v) is 7.30. The highest BCUT2D eigenvalue weighted by Crippen LogP contribution is 2.31. The molecule has 0 radical (unpaired) electrons. The van der Waals surface area contributed by atoms with E-state index in [1.54, 1.807) is 12.3 Å². The average Bonchev–Trinajstić information content (AvgIpc) is 2.63. The van der Waals surface area contributed by atoms with Crippen molar-refractivity contribution in [2.45, 2.75) is 18.9 Å². The molecular formula is C17H23ClN4O. The van der Waals surface area contributed by atoms with Crippen LogP contribution in [0.1, 0.15) is 23.2 Å². The number of hydrogen-bond donors (Lipinski definition) is 0. The van der Waals surface area contributed by atoms with Crippen LogP contribution < -0.4 is 0 Å². The number of hydrogen-bond acceptors (Lipinski definition) is 4. The number of carbonyl (C=O) groups excluding carboxylic acids is 1. The molecule has 1 amide bonds. The molecule has 0 spiro atoms. The van der Waals surface area contributed by atoms with Gasteiger partial charge in [0.1, 0.15) is 0 Å². The van der Waals surface area contributed by atoms with E-state index in [1.165, 1.54) is 38.7 Å².